The number of nitrogens with zero attached hydrogens (tertiary/aromatic N) is 1. The molecule has 15 heavy (non-hydrogen) atoms. The van der Waals surface area contributed by atoms with Crippen molar-refractivity contribution in [2.24, 2.45) is 5.73 Å². The minimum absolute atomic E-state index is 0.277. The summed E-state index contributed by atoms with van der Waals surface area (Å²) < 4.78 is 0. The lowest BCUT2D eigenvalue weighted by atomic mass is 10.2. The summed E-state index contributed by atoms with van der Waals surface area (Å²) >= 11 is 1.55. The standard InChI is InChI=1S/C10H13N3OS/c11-4-8(14)3-10-13-9(6-15-10)7-1-2-12-5-7/h1-2,5-6,8,12,14H,3-4,11H2. The topological polar surface area (TPSA) is 74.9 Å². The van der Waals surface area contributed by atoms with Gasteiger partial charge in [-0.25, -0.2) is 4.98 Å². The largest absolute Gasteiger partial charge is 0.391 e. The highest BCUT2D eigenvalue weighted by atomic mass is 32.1. The first kappa shape index (κ1) is 10.4. The van der Waals surface area contributed by atoms with Crippen molar-refractivity contribution in [2.75, 3.05) is 6.54 Å². The summed E-state index contributed by atoms with van der Waals surface area (Å²) in [5.74, 6) is 0. The number of aromatic amines is 1. The third-order valence-electron chi connectivity index (χ3n) is 2.13. The molecule has 1 atom stereocenters. The van der Waals surface area contributed by atoms with E-state index in [9.17, 15) is 5.11 Å². The number of H-pyrrole nitrogens is 1. The van der Waals surface area contributed by atoms with Gasteiger partial charge in [0.2, 0.25) is 0 Å². The van der Waals surface area contributed by atoms with E-state index in [0.717, 1.165) is 16.3 Å². The van der Waals surface area contributed by atoms with Gasteiger partial charge in [0.15, 0.2) is 0 Å². The molecule has 0 spiro atoms. The predicted octanol–water partition coefficient (Wildman–Crippen LogP) is 1.00. The molecule has 0 aliphatic heterocycles. The third-order valence-corrected chi connectivity index (χ3v) is 3.00. The van der Waals surface area contributed by atoms with Crippen molar-refractivity contribution < 1.29 is 5.11 Å². The Kier molecular flexibility index (Phi) is 3.15. The van der Waals surface area contributed by atoms with Gasteiger partial charge in [-0.1, -0.05) is 0 Å². The van der Waals surface area contributed by atoms with Gasteiger partial charge in [0.05, 0.1) is 16.8 Å². The molecule has 4 nitrogen and oxygen atoms in total. The molecular weight excluding hydrogens is 210 g/mol. The molecule has 0 radical (unpaired) electrons. The summed E-state index contributed by atoms with van der Waals surface area (Å²) in [4.78, 5) is 7.41. The molecule has 2 aromatic rings. The maximum absolute atomic E-state index is 9.39. The molecule has 80 valence electrons. The summed E-state index contributed by atoms with van der Waals surface area (Å²) in [6.45, 7) is 0.277. The van der Waals surface area contributed by atoms with Crippen molar-refractivity contribution >= 4 is 11.3 Å². The van der Waals surface area contributed by atoms with Crippen molar-refractivity contribution in [2.45, 2.75) is 12.5 Å². The first-order valence-corrected chi connectivity index (χ1v) is 5.63. The summed E-state index contributed by atoms with van der Waals surface area (Å²) in [6, 6.07) is 1.97. The molecule has 5 heteroatoms. The zero-order chi connectivity index (χ0) is 10.7. The van der Waals surface area contributed by atoms with Crippen LogP contribution < -0.4 is 5.73 Å². The maximum atomic E-state index is 9.39. The SMILES string of the molecule is NCC(O)Cc1nc(-c2cc[nH]c2)cs1. The second-order valence-electron chi connectivity index (χ2n) is 3.32. The number of hydrogen-bond acceptors (Lipinski definition) is 4. The number of nitrogens with one attached hydrogen (secondary N) is 1. The monoisotopic (exact) mass is 223 g/mol. The van der Waals surface area contributed by atoms with Crippen LogP contribution in [0.3, 0.4) is 0 Å². The van der Waals surface area contributed by atoms with Gasteiger partial charge in [-0.3, -0.25) is 0 Å². The third kappa shape index (κ3) is 2.44. The molecule has 0 bridgehead atoms. The fourth-order valence-electron chi connectivity index (χ4n) is 1.31. The highest BCUT2D eigenvalue weighted by Crippen LogP contribution is 2.21. The number of aliphatic hydroxyl groups excluding tert-OH is 1. The Morgan fingerprint density at radius 1 is 1.60 bits per heavy atom. The molecule has 4 N–H and O–H groups in total. The first-order chi connectivity index (χ1) is 7.29. The normalized spacial score (nSPS) is 12.9. The van der Waals surface area contributed by atoms with E-state index < -0.39 is 6.10 Å². The zero-order valence-corrected chi connectivity index (χ0v) is 9.00. The minimum atomic E-state index is -0.491. The lowest BCUT2D eigenvalue weighted by Crippen LogP contribution is -2.21. The second-order valence-corrected chi connectivity index (χ2v) is 4.26. The van der Waals surface area contributed by atoms with Crippen LogP contribution in [-0.4, -0.2) is 27.7 Å². The van der Waals surface area contributed by atoms with Crippen molar-refractivity contribution in [3.8, 4) is 11.3 Å². The van der Waals surface area contributed by atoms with Gasteiger partial charge < -0.3 is 15.8 Å². The second kappa shape index (κ2) is 4.57. The number of thiazole rings is 1. The van der Waals surface area contributed by atoms with Gasteiger partial charge in [0.1, 0.15) is 0 Å². The Labute approximate surface area is 91.8 Å². The van der Waals surface area contributed by atoms with Gasteiger partial charge in [0, 0.05) is 36.3 Å². The van der Waals surface area contributed by atoms with E-state index in [2.05, 4.69) is 9.97 Å². The lowest BCUT2D eigenvalue weighted by molar-refractivity contribution is 0.183. The van der Waals surface area contributed by atoms with Crippen molar-refractivity contribution in [3.05, 3.63) is 28.8 Å². The van der Waals surface area contributed by atoms with Crippen molar-refractivity contribution in [1.29, 1.82) is 0 Å². The summed E-state index contributed by atoms with van der Waals surface area (Å²) in [7, 11) is 0. The first-order valence-electron chi connectivity index (χ1n) is 4.75. The number of nitrogens with two attached hydrogens (primary N) is 1. The van der Waals surface area contributed by atoms with Gasteiger partial charge in [0.25, 0.3) is 0 Å². The fraction of sp³-hybridized carbons (Fsp3) is 0.300. The average Bonchev–Trinajstić information content (AvgIpc) is 2.85. The molecule has 0 aliphatic rings. The highest BCUT2D eigenvalue weighted by molar-refractivity contribution is 7.09. The van der Waals surface area contributed by atoms with Crippen LogP contribution in [0.1, 0.15) is 5.01 Å². The molecule has 2 rings (SSSR count). The smallest absolute Gasteiger partial charge is 0.0958 e. The number of aromatic nitrogens is 2. The van der Waals surface area contributed by atoms with E-state index in [4.69, 9.17) is 5.73 Å². The Bertz CT molecular complexity index is 410. The highest BCUT2D eigenvalue weighted by Gasteiger charge is 2.08. The molecular formula is C10H13N3OS. The molecule has 0 aliphatic carbocycles. The van der Waals surface area contributed by atoms with Gasteiger partial charge >= 0.3 is 0 Å². The van der Waals surface area contributed by atoms with E-state index >= 15 is 0 Å². The van der Waals surface area contributed by atoms with Crippen LogP contribution in [0, 0.1) is 0 Å². The Morgan fingerprint density at radius 3 is 3.13 bits per heavy atom. The number of hydrogen-bond donors (Lipinski definition) is 3. The van der Waals surface area contributed by atoms with Crippen LogP contribution in [0.5, 0.6) is 0 Å². The van der Waals surface area contributed by atoms with Crippen molar-refractivity contribution in [1.82, 2.24) is 9.97 Å². The molecule has 0 saturated carbocycles. The Hall–Kier alpha value is -1.17. The molecule has 2 aromatic heterocycles. The van der Waals surface area contributed by atoms with Crippen LogP contribution >= 0.6 is 11.3 Å². The zero-order valence-electron chi connectivity index (χ0n) is 8.18. The molecule has 0 aromatic carbocycles. The van der Waals surface area contributed by atoms with Crippen LogP contribution in [0.4, 0.5) is 0 Å². The molecule has 0 amide bonds. The Balaban J connectivity index is 2.11. The van der Waals surface area contributed by atoms with E-state index in [1.807, 2.05) is 23.8 Å². The molecule has 2 heterocycles. The van der Waals surface area contributed by atoms with Crippen LogP contribution in [0.25, 0.3) is 11.3 Å². The molecule has 1 unspecified atom stereocenters. The van der Waals surface area contributed by atoms with Crippen molar-refractivity contribution in [3.63, 3.8) is 0 Å². The van der Waals surface area contributed by atoms with Crippen LogP contribution in [0.2, 0.25) is 0 Å². The summed E-state index contributed by atoms with van der Waals surface area (Å²) in [5, 5.41) is 12.3. The predicted molar refractivity (Wildman–Crippen MR) is 60.7 cm³/mol. The summed E-state index contributed by atoms with van der Waals surface area (Å²) in [5.41, 5.74) is 7.36. The number of rotatable bonds is 4. The minimum Gasteiger partial charge on any atom is -0.391 e. The average molecular weight is 223 g/mol. The maximum Gasteiger partial charge on any atom is 0.0958 e. The van der Waals surface area contributed by atoms with E-state index in [0.29, 0.717) is 6.42 Å². The Morgan fingerprint density at radius 2 is 2.47 bits per heavy atom. The molecule has 0 fully saturated rings. The fourth-order valence-corrected chi connectivity index (χ4v) is 2.18. The van der Waals surface area contributed by atoms with E-state index in [1.54, 1.807) is 11.3 Å². The lowest BCUT2D eigenvalue weighted by Gasteiger charge is -2.02. The summed E-state index contributed by atoms with van der Waals surface area (Å²) in [6.07, 6.45) is 3.81. The van der Waals surface area contributed by atoms with Gasteiger partial charge in [-0.2, -0.15) is 0 Å². The van der Waals surface area contributed by atoms with Crippen LogP contribution in [0.15, 0.2) is 23.8 Å². The number of aliphatic hydroxyl groups is 1. The quantitative estimate of drug-likeness (QED) is 0.724. The van der Waals surface area contributed by atoms with Gasteiger partial charge in [-0.15, -0.1) is 11.3 Å². The van der Waals surface area contributed by atoms with E-state index in [-0.39, 0.29) is 6.54 Å². The van der Waals surface area contributed by atoms with Crippen LogP contribution in [-0.2, 0) is 6.42 Å². The van der Waals surface area contributed by atoms with Gasteiger partial charge in [-0.05, 0) is 6.07 Å². The molecule has 0 saturated heterocycles. The van der Waals surface area contributed by atoms with E-state index in [1.165, 1.54) is 0 Å².